The van der Waals surface area contributed by atoms with Crippen molar-refractivity contribution >= 4 is 43.4 Å². The van der Waals surface area contributed by atoms with E-state index in [1.165, 1.54) is 14.2 Å². The number of halogens is 2. The number of carbonyl (C=O) groups is 2. The number of ether oxygens (including phenoxy) is 2. The third-order valence-corrected chi connectivity index (χ3v) is 7.28. The second kappa shape index (κ2) is 4.72. The van der Waals surface area contributed by atoms with E-state index in [0.29, 0.717) is 6.42 Å². The largest absolute Gasteiger partial charge is 0.350 e. The third kappa shape index (κ3) is 1.52. The Kier molecular flexibility index (Phi) is 3.44. The molecule has 0 spiro atoms. The van der Waals surface area contributed by atoms with E-state index in [1.807, 2.05) is 30.3 Å². The quantitative estimate of drug-likeness (QED) is 0.431. The zero-order chi connectivity index (χ0) is 15.5. The summed E-state index contributed by atoms with van der Waals surface area (Å²) in [6, 6.07) is 9.61. The lowest BCUT2D eigenvalue weighted by molar-refractivity contribution is -0.213. The molecule has 0 saturated heterocycles. The molecule has 0 radical (unpaired) electrons. The van der Waals surface area contributed by atoms with Gasteiger partial charge in [-0.15, -0.1) is 0 Å². The van der Waals surface area contributed by atoms with Gasteiger partial charge in [-0.05, 0) is 12.0 Å². The number of hydrogen-bond donors (Lipinski definition) is 0. The minimum Gasteiger partial charge on any atom is -0.350 e. The summed E-state index contributed by atoms with van der Waals surface area (Å²) in [6.07, 6.45) is 0.425. The third-order valence-electron chi connectivity index (χ3n) is 4.64. The summed E-state index contributed by atoms with van der Waals surface area (Å²) in [4.78, 5) is 25.0. The number of rotatable bonds is 3. The Morgan fingerprint density at radius 3 is 2.10 bits per heavy atom. The predicted octanol–water partition coefficient (Wildman–Crippen LogP) is 2.58. The monoisotopic (exact) mass is 416 g/mol. The Hall–Kier alpha value is -0.560. The van der Waals surface area contributed by atoms with Crippen LogP contribution < -0.4 is 0 Å². The van der Waals surface area contributed by atoms with Crippen molar-refractivity contribution in [2.24, 2.45) is 0 Å². The first-order valence-corrected chi connectivity index (χ1v) is 8.10. The van der Waals surface area contributed by atoms with Crippen molar-refractivity contribution in [3.63, 3.8) is 0 Å². The molecule has 2 saturated carbocycles. The van der Waals surface area contributed by atoms with E-state index >= 15 is 0 Å². The maximum absolute atomic E-state index is 12.6. The molecule has 0 aliphatic heterocycles. The molecule has 0 aromatic heterocycles. The summed E-state index contributed by atoms with van der Waals surface area (Å²) in [5.74, 6) is -2.60. The van der Waals surface area contributed by atoms with Crippen LogP contribution in [-0.2, 0) is 19.1 Å². The Morgan fingerprint density at radius 2 is 1.62 bits per heavy atom. The molecule has 21 heavy (non-hydrogen) atoms. The fraction of sp³-hybridized carbons (Fsp3) is 0.467. The van der Waals surface area contributed by atoms with Crippen molar-refractivity contribution in [2.45, 2.75) is 26.8 Å². The van der Waals surface area contributed by atoms with Gasteiger partial charge in [-0.1, -0.05) is 62.2 Å². The summed E-state index contributed by atoms with van der Waals surface area (Å²) in [5.41, 5.74) is 0.968. The highest BCUT2D eigenvalue weighted by Gasteiger charge is 2.85. The van der Waals surface area contributed by atoms with Crippen LogP contribution in [0.4, 0.5) is 0 Å². The number of ketones is 2. The molecule has 1 aromatic rings. The lowest BCUT2D eigenvalue weighted by atomic mass is 9.81. The molecular weight excluding hydrogens is 404 g/mol. The van der Waals surface area contributed by atoms with E-state index in [-0.39, 0.29) is 5.92 Å². The maximum atomic E-state index is 12.6. The van der Waals surface area contributed by atoms with E-state index in [2.05, 4.69) is 31.9 Å². The summed E-state index contributed by atoms with van der Waals surface area (Å²) >= 11 is 6.98. The zero-order valence-corrected chi connectivity index (χ0v) is 14.7. The van der Waals surface area contributed by atoms with Crippen LogP contribution in [0, 0.1) is 0 Å². The van der Waals surface area contributed by atoms with Crippen LogP contribution in [0.2, 0.25) is 0 Å². The van der Waals surface area contributed by atoms with Crippen LogP contribution in [0.5, 0.6) is 0 Å². The van der Waals surface area contributed by atoms with Gasteiger partial charge >= 0.3 is 0 Å². The van der Waals surface area contributed by atoms with Crippen LogP contribution in [0.25, 0.3) is 0 Å². The average molecular weight is 418 g/mol. The first kappa shape index (κ1) is 15.3. The number of Topliss-reactive ketones (excluding diaryl/α,β-unsaturated/α-hetero) is 2. The van der Waals surface area contributed by atoms with Crippen molar-refractivity contribution in [2.75, 3.05) is 14.2 Å². The molecule has 0 amide bonds. The molecule has 3 atom stereocenters. The van der Waals surface area contributed by atoms with Gasteiger partial charge in [0.05, 0.1) is 0 Å². The standard InChI is InChI=1S/C15H14Br2O4/c1-20-15(21-2)13(16)8-10(9-6-4-3-5-7-9)14(15,17)12(19)11(13)18/h3-7,10H,8H2,1-2H3/t10-,13-,14+/m1/s1. The Bertz CT molecular complexity index is 613. The molecule has 2 fully saturated rings. The van der Waals surface area contributed by atoms with Gasteiger partial charge < -0.3 is 9.47 Å². The van der Waals surface area contributed by atoms with Gasteiger partial charge in [0.2, 0.25) is 17.4 Å². The molecule has 2 aliphatic carbocycles. The van der Waals surface area contributed by atoms with Crippen LogP contribution in [0.3, 0.4) is 0 Å². The Labute approximate surface area is 139 Å². The second-order valence-electron chi connectivity index (χ2n) is 5.36. The van der Waals surface area contributed by atoms with E-state index in [1.54, 1.807) is 0 Å². The van der Waals surface area contributed by atoms with Crippen LogP contribution in [0.15, 0.2) is 30.3 Å². The van der Waals surface area contributed by atoms with Gasteiger partial charge in [-0.3, -0.25) is 9.59 Å². The molecule has 4 nitrogen and oxygen atoms in total. The molecule has 2 bridgehead atoms. The van der Waals surface area contributed by atoms with Gasteiger partial charge in [0.1, 0.15) is 4.32 Å². The number of carbonyl (C=O) groups excluding carboxylic acids is 2. The molecule has 0 heterocycles. The minimum absolute atomic E-state index is 0.219. The van der Waals surface area contributed by atoms with E-state index < -0.39 is 26.0 Å². The maximum Gasteiger partial charge on any atom is 0.222 e. The SMILES string of the molecule is COC1(OC)[C@@]2(Br)C[C@H](c3ccccc3)[C@]1(Br)C(=O)C2=O. The van der Waals surface area contributed by atoms with Gasteiger partial charge in [-0.25, -0.2) is 0 Å². The Balaban J connectivity index is 2.24. The number of fused-ring (bicyclic) bond motifs is 2. The summed E-state index contributed by atoms with van der Waals surface area (Å²) in [6.45, 7) is 0. The second-order valence-corrected chi connectivity index (χ2v) is 7.97. The van der Waals surface area contributed by atoms with Crippen molar-refractivity contribution in [1.29, 1.82) is 0 Å². The molecular formula is C15H14Br2O4. The van der Waals surface area contributed by atoms with E-state index in [4.69, 9.17) is 9.47 Å². The molecule has 112 valence electrons. The molecule has 6 heteroatoms. The molecule has 3 rings (SSSR count). The van der Waals surface area contributed by atoms with Gasteiger partial charge in [0.15, 0.2) is 4.32 Å². The zero-order valence-electron chi connectivity index (χ0n) is 11.6. The molecule has 1 aromatic carbocycles. The van der Waals surface area contributed by atoms with Crippen molar-refractivity contribution in [1.82, 2.24) is 0 Å². The first-order valence-electron chi connectivity index (χ1n) is 6.51. The molecule has 2 aliphatic rings. The average Bonchev–Trinajstić information content (AvgIpc) is 2.79. The highest BCUT2D eigenvalue weighted by molar-refractivity contribution is 9.11. The van der Waals surface area contributed by atoms with Crippen molar-refractivity contribution in [3.8, 4) is 0 Å². The van der Waals surface area contributed by atoms with Gasteiger partial charge in [-0.2, -0.15) is 0 Å². The topological polar surface area (TPSA) is 52.6 Å². The van der Waals surface area contributed by atoms with Gasteiger partial charge in [0, 0.05) is 20.1 Å². The number of hydrogen-bond acceptors (Lipinski definition) is 4. The summed E-state index contributed by atoms with van der Waals surface area (Å²) in [5, 5.41) is 0. The fourth-order valence-electron chi connectivity index (χ4n) is 3.71. The van der Waals surface area contributed by atoms with E-state index in [0.717, 1.165) is 5.56 Å². The smallest absolute Gasteiger partial charge is 0.222 e. The summed E-state index contributed by atoms with van der Waals surface area (Å²) in [7, 11) is 2.91. The molecule has 0 unspecified atom stereocenters. The normalized spacial score (nSPS) is 37.2. The van der Waals surface area contributed by atoms with Gasteiger partial charge in [0.25, 0.3) is 0 Å². The highest BCUT2D eigenvalue weighted by Crippen LogP contribution is 2.68. The van der Waals surface area contributed by atoms with Crippen LogP contribution in [-0.4, -0.2) is 40.2 Å². The van der Waals surface area contributed by atoms with Crippen molar-refractivity contribution < 1.29 is 19.1 Å². The number of benzene rings is 1. The van der Waals surface area contributed by atoms with Crippen molar-refractivity contribution in [3.05, 3.63) is 35.9 Å². The lowest BCUT2D eigenvalue weighted by Crippen LogP contribution is -2.56. The Morgan fingerprint density at radius 1 is 1.05 bits per heavy atom. The minimum atomic E-state index is -1.37. The predicted molar refractivity (Wildman–Crippen MR) is 83.9 cm³/mol. The number of alkyl halides is 2. The van der Waals surface area contributed by atoms with Crippen LogP contribution >= 0.6 is 31.9 Å². The lowest BCUT2D eigenvalue weighted by Gasteiger charge is -2.39. The summed E-state index contributed by atoms with van der Waals surface area (Å²) < 4.78 is 8.75. The molecule has 0 N–H and O–H groups in total. The highest BCUT2D eigenvalue weighted by atomic mass is 79.9. The first-order chi connectivity index (χ1) is 9.89. The number of methoxy groups -OCH3 is 2. The van der Waals surface area contributed by atoms with E-state index in [9.17, 15) is 9.59 Å². The fourth-order valence-corrected chi connectivity index (χ4v) is 6.38. The van der Waals surface area contributed by atoms with Crippen LogP contribution in [0.1, 0.15) is 17.9 Å².